The Morgan fingerprint density at radius 2 is 1.85 bits per heavy atom. The Morgan fingerprint density at radius 1 is 1.15 bits per heavy atom. The van der Waals surface area contributed by atoms with Crippen LogP contribution in [0.2, 0.25) is 5.02 Å². The van der Waals surface area contributed by atoms with Crippen molar-refractivity contribution in [1.82, 2.24) is 10.9 Å². The zero-order chi connectivity index (χ0) is 19.6. The van der Waals surface area contributed by atoms with Crippen molar-refractivity contribution in [2.24, 2.45) is 0 Å². The molecule has 2 aromatic rings. The van der Waals surface area contributed by atoms with E-state index in [4.69, 9.17) is 11.6 Å². The molecule has 1 atom stereocenters. The molecular formula is C19H19ClN4O3. The maximum Gasteiger partial charge on any atom is 0.265 e. The van der Waals surface area contributed by atoms with E-state index >= 15 is 0 Å². The fourth-order valence-corrected chi connectivity index (χ4v) is 2.95. The molecule has 3 amide bonds. The van der Waals surface area contributed by atoms with E-state index < -0.39 is 11.9 Å². The second kappa shape index (κ2) is 7.77. The molecule has 0 aliphatic carbocycles. The molecule has 0 unspecified atom stereocenters. The lowest BCUT2D eigenvalue weighted by atomic mass is 10.2. The third-order valence-corrected chi connectivity index (χ3v) is 4.45. The summed E-state index contributed by atoms with van der Waals surface area (Å²) in [5.41, 5.74) is 6.97. The monoisotopic (exact) mass is 386 g/mol. The lowest BCUT2D eigenvalue weighted by Crippen LogP contribution is -2.48. The Hall–Kier alpha value is -2.90. The van der Waals surface area contributed by atoms with Crippen LogP contribution >= 0.6 is 11.6 Å². The van der Waals surface area contributed by atoms with Gasteiger partial charge in [0.15, 0.2) is 0 Å². The van der Waals surface area contributed by atoms with Crippen molar-refractivity contribution in [1.29, 1.82) is 0 Å². The van der Waals surface area contributed by atoms with Crippen LogP contribution in [0.1, 0.15) is 16.8 Å². The number of carbonyl (C=O) groups is 3. The Balaban J connectivity index is 1.64. The van der Waals surface area contributed by atoms with E-state index in [1.54, 1.807) is 36.4 Å². The van der Waals surface area contributed by atoms with Gasteiger partial charge in [0.25, 0.3) is 11.8 Å². The van der Waals surface area contributed by atoms with E-state index in [1.165, 1.54) is 0 Å². The van der Waals surface area contributed by atoms with Crippen LogP contribution in [0.25, 0.3) is 0 Å². The van der Waals surface area contributed by atoms with Crippen LogP contribution in [-0.2, 0) is 9.59 Å². The summed E-state index contributed by atoms with van der Waals surface area (Å²) in [6, 6.07) is 12.7. The SMILES string of the molecule is CN(C)c1ccc(C(=O)NN[C@H]2CC(=O)N(c3cccc(Cl)c3)C2=O)cc1. The number of halogens is 1. The third kappa shape index (κ3) is 4.10. The first-order valence-corrected chi connectivity index (χ1v) is 8.70. The zero-order valence-electron chi connectivity index (χ0n) is 14.9. The predicted molar refractivity (Wildman–Crippen MR) is 104 cm³/mol. The van der Waals surface area contributed by atoms with Crippen molar-refractivity contribution in [3.05, 3.63) is 59.1 Å². The summed E-state index contributed by atoms with van der Waals surface area (Å²) < 4.78 is 0. The van der Waals surface area contributed by atoms with Crippen molar-refractivity contribution in [3.8, 4) is 0 Å². The summed E-state index contributed by atoms with van der Waals surface area (Å²) in [6.45, 7) is 0. The summed E-state index contributed by atoms with van der Waals surface area (Å²) in [5.74, 6) is -1.18. The summed E-state index contributed by atoms with van der Waals surface area (Å²) in [4.78, 5) is 40.0. The average Bonchev–Trinajstić information content (AvgIpc) is 2.93. The van der Waals surface area contributed by atoms with Crippen molar-refractivity contribution in [3.63, 3.8) is 0 Å². The Kier molecular flexibility index (Phi) is 5.43. The highest BCUT2D eigenvalue weighted by Crippen LogP contribution is 2.25. The van der Waals surface area contributed by atoms with Gasteiger partial charge in [-0.15, -0.1) is 0 Å². The first-order valence-electron chi connectivity index (χ1n) is 8.32. The molecule has 8 heteroatoms. The van der Waals surface area contributed by atoms with E-state index in [2.05, 4.69) is 10.9 Å². The van der Waals surface area contributed by atoms with Crippen LogP contribution < -0.4 is 20.7 Å². The zero-order valence-corrected chi connectivity index (χ0v) is 15.7. The Bertz CT molecular complexity index is 883. The number of benzene rings is 2. The molecule has 0 aromatic heterocycles. The third-order valence-electron chi connectivity index (χ3n) is 4.22. The topological polar surface area (TPSA) is 81.8 Å². The normalized spacial score (nSPS) is 16.6. The van der Waals surface area contributed by atoms with Gasteiger partial charge >= 0.3 is 0 Å². The van der Waals surface area contributed by atoms with Gasteiger partial charge in [0, 0.05) is 30.4 Å². The largest absolute Gasteiger partial charge is 0.378 e. The second-order valence-corrected chi connectivity index (χ2v) is 6.78. The molecule has 1 heterocycles. The lowest BCUT2D eigenvalue weighted by Gasteiger charge is -2.16. The molecule has 0 saturated carbocycles. The van der Waals surface area contributed by atoms with E-state index in [0.717, 1.165) is 10.6 Å². The molecule has 1 aliphatic rings. The van der Waals surface area contributed by atoms with Gasteiger partial charge in [-0.2, -0.15) is 0 Å². The number of nitrogens with zero attached hydrogens (tertiary/aromatic N) is 2. The maximum atomic E-state index is 12.5. The first kappa shape index (κ1) is 18.9. The summed E-state index contributed by atoms with van der Waals surface area (Å²) in [7, 11) is 3.82. The molecule has 7 nitrogen and oxygen atoms in total. The quantitative estimate of drug-likeness (QED) is 0.606. The van der Waals surface area contributed by atoms with Crippen molar-refractivity contribution >= 4 is 40.7 Å². The standard InChI is InChI=1S/C19H19ClN4O3/c1-23(2)14-8-6-12(7-9-14)18(26)22-21-16-11-17(25)24(19(16)27)15-5-3-4-13(20)10-15/h3-10,16,21H,11H2,1-2H3,(H,22,26)/t16-/m0/s1. The van der Waals surface area contributed by atoms with Crippen molar-refractivity contribution in [2.75, 3.05) is 23.9 Å². The average molecular weight is 387 g/mol. The van der Waals surface area contributed by atoms with Crippen LogP contribution in [0, 0.1) is 0 Å². The fourth-order valence-electron chi connectivity index (χ4n) is 2.77. The first-order chi connectivity index (χ1) is 12.9. The minimum atomic E-state index is -0.832. The van der Waals surface area contributed by atoms with Gasteiger partial charge in [-0.25, -0.2) is 10.3 Å². The van der Waals surface area contributed by atoms with Crippen LogP contribution in [0.5, 0.6) is 0 Å². The van der Waals surface area contributed by atoms with E-state index in [-0.39, 0.29) is 18.2 Å². The molecule has 2 aromatic carbocycles. The van der Waals surface area contributed by atoms with Crippen molar-refractivity contribution in [2.45, 2.75) is 12.5 Å². The van der Waals surface area contributed by atoms with Gasteiger partial charge in [0.05, 0.1) is 12.1 Å². The molecule has 0 spiro atoms. The number of hydrogen-bond acceptors (Lipinski definition) is 5. The van der Waals surface area contributed by atoms with Gasteiger partial charge in [-0.3, -0.25) is 19.8 Å². The molecule has 27 heavy (non-hydrogen) atoms. The maximum absolute atomic E-state index is 12.5. The van der Waals surface area contributed by atoms with Gasteiger partial charge in [-0.05, 0) is 42.5 Å². The highest BCUT2D eigenvalue weighted by Gasteiger charge is 2.39. The number of hydrogen-bond donors (Lipinski definition) is 2. The number of imide groups is 1. The molecule has 2 N–H and O–H groups in total. The lowest BCUT2D eigenvalue weighted by molar-refractivity contribution is -0.121. The van der Waals surface area contributed by atoms with E-state index in [0.29, 0.717) is 16.3 Å². The Morgan fingerprint density at radius 3 is 2.48 bits per heavy atom. The molecule has 3 rings (SSSR count). The number of carbonyl (C=O) groups excluding carboxylic acids is 3. The predicted octanol–water partition coefficient (Wildman–Crippen LogP) is 1.97. The number of anilines is 2. The van der Waals surface area contributed by atoms with Gasteiger partial charge < -0.3 is 4.90 Å². The Labute approximate surface area is 161 Å². The summed E-state index contributed by atoms with van der Waals surface area (Å²) >= 11 is 5.93. The number of hydrazine groups is 1. The molecular weight excluding hydrogens is 368 g/mol. The fraction of sp³-hybridized carbons (Fsp3) is 0.211. The number of amides is 3. The number of nitrogens with one attached hydrogen (secondary N) is 2. The summed E-state index contributed by atoms with van der Waals surface area (Å²) in [5, 5.41) is 0.430. The highest BCUT2D eigenvalue weighted by molar-refractivity contribution is 6.31. The van der Waals surface area contributed by atoms with Crippen LogP contribution in [-0.4, -0.2) is 37.9 Å². The second-order valence-electron chi connectivity index (χ2n) is 6.34. The van der Waals surface area contributed by atoms with Crippen molar-refractivity contribution < 1.29 is 14.4 Å². The molecule has 1 aliphatic heterocycles. The molecule has 0 bridgehead atoms. The van der Waals surface area contributed by atoms with E-state index in [9.17, 15) is 14.4 Å². The summed E-state index contributed by atoms with van der Waals surface area (Å²) in [6.07, 6.45) is -0.0504. The van der Waals surface area contributed by atoms with Crippen LogP contribution in [0.4, 0.5) is 11.4 Å². The van der Waals surface area contributed by atoms with Gasteiger partial charge in [0.2, 0.25) is 5.91 Å². The van der Waals surface area contributed by atoms with Gasteiger partial charge in [0.1, 0.15) is 6.04 Å². The smallest absolute Gasteiger partial charge is 0.265 e. The van der Waals surface area contributed by atoms with Crippen LogP contribution in [0.3, 0.4) is 0 Å². The molecule has 1 fully saturated rings. The van der Waals surface area contributed by atoms with Gasteiger partial charge in [-0.1, -0.05) is 17.7 Å². The molecule has 0 radical (unpaired) electrons. The molecule has 1 saturated heterocycles. The minimum absolute atomic E-state index is 0.0504. The highest BCUT2D eigenvalue weighted by atomic mass is 35.5. The molecule has 140 valence electrons. The van der Waals surface area contributed by atoms with E-state index in [1.807, 2.05) is 31.1 Å². The van der Waals surface area contributed by atoms with Crippen LogP contribution in [0.15, 0.2) is 48.5 Å². The number of rotatable bonds is 5. The minimum Gasteiger partial charge on any atom is -0.378 e.